The number of carboxylic acid groups (broad SMARTS) is 1. The van der Waals surface area contributed by atoms with Crippen LogP contribution < -0.4 is 5.32 Å². The summed E-state index contributed by atoms with van der Waals surface area (Å²) in [5.74, 6) is -0.762. The van der Waals surface area contributed by atoms with Gasteiger partial charge in [-0.3, -0.25) is 9.48 Å². The number of hydrogen-bond acceptors (Lipinski definition) is 3. The molecule has 0 aliphatic rings. The second-order valence-corrected chi connectivity index (χ2v) is 5.54. The van der Waals surface area contributed by atoms with E-state index in [-0.39, 0.29) is 0 Å². The van der Waals surface area contributed by atoms with Crippen LogP contribution in [-0.4, -0.2) is 32.9 Å². The molecule has 0 saturated heterocycles. The van der Waals surface area contributed by atoms with E-state index < -0.39 is 11.5 Å². The fraction of sp³-hybridized carbons (Fsp3) is 0.667. The van der Waals surface area contributed by atoms with E-state index in [0.717, 1.165) is 16.5 Å². The SMILES string of the molecule is CCNC(CC)(CCCn1cc(I)cn1)C(=O)O. The largest absolute Gasteiger partial charge is 0.480 e. The Bertz CT molecular complexity index is 394. The highest BCUT2D eigenvalue weighted by atomic mass is 127. The molecule has 0 aromatic carbocycles. The zero-order valence-corrected chi connectivity index (χ0v) is 13.0. The van der Waals surface area contributed by atoms with E-state index in [1.807, 2.05) is 24.7 Å². The molecule has 1 aromatic rings. The molecule has 0 fully saturated rings. The highest BCUT2D eigenvalue weighted by Crippen LogP contribution is 2.18. The van der Waals surface area contributed by atoms with E-state index in [9.17, 15) is 9.90 Å². The molecule has 0 spiro atoms. The van der Waals surface area contributed by atoms with Gasteiger partial charge in [-0.2, -0.15) is 5.10 Å². The molecule has 1 aromatic heterocycles. The third-order valence-electron chi connectivity index (χ3n) is 3.12. The Morgan fingerprint density at radius 1 is 1.61 bits per heavy atom. The molecule has 2 N–H and O–H groups in total. The number of nitrogens with zero attached hydrogens (tertiary/aromatic N) is 2. The van der Waals surface area contributed by atoms with E-state index >= 15 is 0 Å². The van der Waals surface area contributed by atoms with Gasteiger partial charge in [-0.15, -0.1) is 0 Å². The average Bonchev–Trinajstić information content (AvgIpc) is 2.73. The number of carboxylic acids is 1. The van der Waals surface area contributed by atoms with Crippen LogP contribution in [0.15, 0.2) is 12.4 Å². The van der Waals surface area contributed by atoms with Gasteiger partial charge in [-0.25, -0.2) is 0 Å². The summed E-state index contributed by atoms with van der Waals surface area (Å²) in [5.41, 5.74) is -0.797. The maximum atomic E-state index is 11.4. The first-order valence-electron chi connectivity index (χ1n) is 6.20. The predicted molar refractivity (Wildman–Crippen MR) is 78.5 cm³/mol. The minimum absolute atomic E-state index is 0.590. The molecule has 1 rings (SSSR count). The normalized spacial score (nSPS) is 14.4. The van der Waals surface area contributed by atoms with E-state index in [0.29, 0.717) is 19.4 Å². The fourth-order valence-corrected chi connectivity index (χ4v) is 2.51. The van der Waals surface area contributed by atoms with Crippen LogP contribution in [0.4, 0.5) is 0 Å². The summed E-state index contributed by atoms with van der Waals surface area (Å²) in [4.78, 5) is 11.4. The Labute approximate surface area is 121 Å². The molecular weight excluding hydrogens is 345 g/mol. The van der Waals surface area contributed by atoms with E-state index in [1.54, 1.807) is 6.20 Å². The van der Waals surface area contributed by atoms with Gasteiger partial charge in [0.2, 0.25) is 0 Å². The molecule has 6 heteroatoms. The van der Waals surface area contributed by atoms with E-state index in [2.05, 4.69) is 33.0 Å². The zero-order valence-electron chi connectivity index (χ0n) is 10.8. The topological polar surface area (TPSA) is 67.2 Å². The summed E-state index contributed by atoms with van der Waals surface area (Å²) in [6.45, 7) is 5.26. The van der Waals surface area contributed by atoms with Crippen LogP contribution in [0.25, 0.3) is 0 Å². The van der Waals surface area contributed by atoms with Gasteiger partial charge >= 0.3 is 5.97 Å². The van der Waals surface area contributed by atoms with Gasteiger partial charge in [0, 0.05) is 12.7 Å². The molecule has 5 nitrogen and oxygen atoms in total. The third-order valence-corrected chi connectivity index (χ3v) is 3.68. The lowest BCUT2D eigenvalue weighted by Gasteiger charge is -2.29. The van der Waals surface area contributed by atoms with E-state index in [4.69, 9.17) is 0 Å². The number of halogens is 1. The summed E-state index contributed by atoms with van der Waals surface area (Å²) in [6, 6.07) is 0. The molecule has 1 heterocycles. The summed E-state index contributed by atoms with van der Waals surface area (Å²) in [5, 5.41) is 16.7. The van der Waals surface area contributed by atoms with E-state index in [1.165, 1.54) is 0 Å². The second kappa shape index (κ2) is 7.08. The first-order valence-corrected chi connectivity index (χ1v) is 7.28. The number of nitrogens with one attached hydrogen (secondary N) is 1. The van der Waals surface area contributed by atoms with Crippen LogP contribution >= 0.6 is 22.6 Å². The molecular formula is C12H20IN3O2. The predicted octanol–water partition coefficient (Wildman–Crippen LogP) is 2.11. The Morgan fingerprint density at radius 3 is 2.78 bits per heavy atom. The highest BCUT2D eigenvalue weighted by molar-refractivity contribution is 14.1. The summed E-state index contributed by atoms with van der Waals surface area (Å²) in [6.07, 6.45) is 5.76. The van der Waals surface area contributed by atoms with Crippen LogP contribution in [-0.2, 0) is 11.3 Å². The smallest absolute Gasteiger partial charge is 0.323 e. The third kappa shape index (κ3) is 3.94. The first kappa shape index (κ1) is 15.4. The van der Waals surface area contributed by atoms with Crippen molar-refractivity contribution in [3.63, 3.8) is 0 Å². The summed E-state index contributed by atoms with van der Waals surface area (Å²) >= 11 is 2.21. The van der Waals surface area contributed by atoms with Crippen molar-refractivity contribution in [1.29, 1.82) is 0 Å². The molecule has 0 aliphatic carbocycles. The van der Waals surface area contributed by atoms with Crippen molar-refractivity contribution in [2.75, 3.05) is 6.54 Å². The van der Waals surface area contributed by atoms with Crippen LogP contribution in [0.3, 0.4) is 0 Å². The maximum absolute atomic E-state index is 11.4. The van der Waals surface area contributed by atoms with Gasteiger partial charge < -0.3 is 10.4 Å². The zero-order chi connectivity index (χ0) is 13.6. The molecule has 102 valence electrons. The molecule has 0 radical (unpaired) electrons. The lowest BCUT2D eigenvalue weighted by atomic mass is 9.90. The Balaban J connectivity index is 2.54. The molecule has 0 amide bonds. The number of rotatable bonds is 8. The van der Waals surface area contributed by atoms with Crippen molar-refractivity contribution in [3.8, 4) is 0 Å². The number of carbonyl (C=O) groups is 1. The fourth-order valence-electron chi connectivity index (χ4n) is 2.07. The van der Waals surface area contributed by atoms with Crippen molar-refractivity contribution >= 4 is 28.6 Å². The van der Waals surface area contributed by atoms with Crippen LogP contribution in [0.1, 0.15) is 33.1 Å². The highest BCUT2D eigenvalue weighted by Gasteiger charge is 2.34. The van der Waals surface area contributed by atoms with Crippen LogP contribution in [0.2, 0.25) is 0 Å². The Hall–Kier alpha value is -0.630. The van der Waals surface area contributed by atoms with Gasteiger partial charge in [0.25, 0.3) is 0 Å². The van der Waals surface area contributed by atoms with Gasteiger partial charge in [0.15, 0.2) is 0 Å². The molecule has 0 saturated carbocycles. The van der Waals surface area contributed by atoms with Crippen molar-refractivity contribution in [1.82, 2.24) is 15.1 Å². The van der Waals surface area contributed by atoms with Crippen molar-refractivity contribution in [2.24, 2.45) is 0 Å². The van der Waals surface area contributed by atoms with Crippen molar-refractivity contribution in [3.05, 3.63) is 16.0 Å². The van der Waals surface area contributed by atoms with Gasteiger partial charge in [0.05, 0.1) is 9.77 Å². The van der Waals surface area contributed by atoms with Crippen molar-refractivity contribution < 1.29 is 9.90 Å². The number of likely N-dealkylation sites (N-methyl/N-ethyl adjacent to an activating group) is 1. The monoisotopic (exact) mass is 365 g/mol. The number of hydrogen-bond donors (Lipinski definition) is 2. The molecule has 1 unspecified atom stereocenters. The molecule has 1 atom stereocenters. The second-order valence-electron chi connectivity index (χ2n) is 4.30. The number of aliphatic carboxylic acids is 1. The number of aryl methyl sites for hydroxylation is 1. The number of aromatic nitrogens is 2. The van der Waals surface area contributed by atoms with Crippen LogP contribution in [0.5, 0.6) is 0 Å². The average molecular weight is 365 g/mol. The molecule has 18 heavy (non-hydrogen) atoms. The van der Waals surface area contributed by atoms with Gasteiger partial charge in [-0.1, -0.05) is 13.8 Å². The Kier molecular flexibility index (Phi) is 6.07. The molecule has 0 bridgehead atoms. The minimum Gasteiger partial charge on any atom is -0.480 e. The van der Waals surface area contributed by atoms with Crippen LogP contribution in [0, 0.1) is 3.57 Å². The summed E-state index contributed by atoms with van der Waals surface area (Å²) in [7, 11) is 0. The van der Waals surface area contributed by atoms with Gasteiger partial charge in [-0.05, 0) is 48.4 Å². The maximum Gasteiger partial charge on any atom is 0.323 e. The van der Waals surface area contributed by atoms with Crippen molar-refractivity contribution in [2.45, 2.75) is 45.2 Å². The lowest BCUT2D eigenvalue weighted by Crippen LogP contribution is -2.51. The lowest BCUT2D eigenvalue weighted by molar-refractivity contribution is -0.145. The minimum atomic E-state index is -0.797. The quantitative estimate of drug-likeness (QED) is 0.693. The Morgan fingerprint density at radius 2 is 2.33 bits per heavy atom. The molecule has 0 aliphatic heterocycles. The summed E-state index contributed by atoms with van der Waals surface area (Å²) < 4.78 is 2.95. The first-order chi connectivity index (χ1) is 8.54. The van der Waals surface area contributed by atoms with Gasteiger partial charge in [0.1, 0.15) is 5.54 Å². The standard InChI is InChI=1S/C12H20IN3O2/c1-3-12(11(17)18,14-4-2)6-5-7-16-9-10(13)8-15-16/h8-9,14H,3-7H2,1-2H3,(H,17,18).